The summed E-state index contributed by atoms with van der Waals surface area (Å²) in [6.45, 7) is 1.44. The third-order valence-corrected chi connectivity index (χ3v) is 5.84. The monoisotopic (exact) mass is 429 g/mol. The van der Waals surface area contributed by atoms with E-state index in [0.29, 0.717) is 25.4 Å². The second-order valence-electron chi connectivity index (χ2n) is 7.02. The van der Waals surface area contributed by atoms with Crippen LogP contribution in [0.1, 0.15) is 17.2 Å². The van der Waals surface area contributed by atoms with Crippen LogP contribution >= 0.6 is 11.8 Å². The minimum atomic E-state index is -0.315. The van der Waals surface area contributed by atoms with Crippen LogP contribution in [-0.4, -0.2) is 52.4 Å². The second kappa shape index (κ2) is 8.85. The van der Waals surface area contributed by atoms with Crippen LogP contribution < -0.4 is 5.32 Å². The van der Waals surface area contributed by atoms with Crippen LogP contribution in [0.25, 0.3) is 0 Å². The molecule has 0 radical (unpaired) electrons. The van der Waals surface area contributed by atoms with E-state index in [2.05, 4.69) is 5.32 Å². The fourth-order valence-corrected chi connectivity index (χ4v) is 4.05. The van der Waals surface area contributed by atoms with E-state index in [9.17, 15) is 18.8 Å². The van der Waals surface area contributed by atoms with Crippen molar-refractivity contribution in [1.82, 2.24) is 9.80 Å². The Hall–Kier alpha value is -2.91. The zero-order chi connectivity index (χ0) is 21.1. The SMILES string of the molecule is O=C(Nc1ccc(CN2C(=O)CSC2=O)cc1)N1CCOC(c2ccc(F)cc2)C1. The molecule has 1 unspecified atom stereocenters. The summed E-state index contributed by atoms with van der Waals surface area (Å²) in [6, 6.07) is 12.9. The first kappa shape index (κ1) is 20.4. The Morgan fingerprint density at radius 2 is 1.87 bits per heavy atom. The van der Waals surface area contributed by atoms with Gasteiger partial charge in [0.15, 0.2) is 0 Å². The van der Waals surface area contributed by atoms with Crippen molar-refractivity contribution >= 4 is 34.6 Å². The van der Waals surface area contributed by atoms with Crippen LogP contribution in [0.5, 0.6) is 0 Å². The van der Waals surface area contributed by atoms with E-state index in [1.54, 1.807) is 41.3 Å². The minimum Gasteiger partial charge on any atom is -0.370 e. The number of imide groups is 1. The highest BCUT2D eigenvalue weighted by Crippen LogP contribution is 2.24. The Bertz CT molecular complexity index is 936. The number of urea groups is 1. The molecule has 2 heterocycles. The molecule has 0 saturated carbocycles. The molecule has 0 bridgehead atoms. The number of amides is 4. The van der Waals surface area contributed by atoms with Gasteiger partial charge in [0.2, 0.25) is 5.91 Å². The predicted octanol–water partition coefficient (Wildman–Crippen LogP) is 3.63. The van der Waals surface area contributed by atoms with Crippen molar-refractivity contribution in [1.29, 1.82) is 0 Å². The first-order valence-corrected chi connectivity index (χ1v) is 10.5. The number of hydrogen-bond acceptors (Lipinski definition) is 5. The van der Waals surface area contributed by atoms with Crippen molar-refractivity contribution < 1.29 is 23.5 Å². The Kier molecular flexibility index (Phi) is 6.01. The van der Waals surface area contributed by atoms with Gasteiger partial charge in [-0.1, -0.05) is 36.0 Å². The van der Waals surface area contributed by atoms with Crippen molar-refractivity contribution in [2.45, 2.75) is 12.6 Å². The first-order chi connectivity index (χ1) is 14.5. The highest BCUT2D eigenvalue weighted by Gasteiger charge is 2.30. The van der Waals surface area contributed by atoms with E-state index < -0.39 is 0 Å². The fraction of sp³-hybridized carbons (Fsp3) is 0.286. The topological polar surface area (TPSA) is 79.0 Å². The van der Waals surface area contributed by atoms with E-state index in [1.165, 1.54) is 17.0 Å². The van der Waals surface area contributed by atoms with Gasteiger partial charge in [-0.15, -0.1) is 0 Å². The molecule has 2 fully saturated rings. The number of nitrogens with one attached hydrogen (secondary N) is 1. The Balaban J connectivity index is 1.34. The lowest BCUT2D eigenvalue weighted by molar-refractivity contribution is -0.125. The zero-order valence-corrected chi connectivity index (χ0v) is 16.9. The van der Waals surface area contributed by atoms with Gasteiger partial charge in [-0.05, 0) is 35.4 Å². The molecule has 2 aromatic rings. The predicted molar refractivity (Wildman–Crippen MR) is 111 cm³/mol. The van der Waals surface area contributed by atoms with Crippen molar-refractivity contribution in [2.24, 2.45) is 0 Å². The van der Waals surface area contributed by atoms with Gasteiger partial charge in [0, 0.05) is 12.2 Å². The average molecular weight is 429 g/mol. The summed E-state index contributed by atoms with van der Waals surface area (Å²) in [7, 11) is 0. The number of nitrogens with zero attached hydrogens (tertiary/aromatic N) is 2. The lowest BCUT2D eigenvalue weighted by Crippen LogP contribution is -2.44. The summed E-state index contributed by atoms with van der Waals surface area (Å²) in [4.78, 5) is 38.9. The molecule has 1 atom stereocenters. The number of anilines is 1. The summed E-state index contributed by atoms with van der Waals surface area (Å²) in [5.41, 5.74) is 2.24. The maximum Gasteiger partial charge on any atom is 0.322 e. The van der Waals surface area contributed by atoms with E-state index in [-0.39, 0.29) is 41.4 Å². The Morgan fingerprint density at radius 3 is 2.53 bits per heavy atom. The third kappa shape index (κ3) is 4.63. The fourth-order valence-electron chi connectivity index (χ4n) is 3.33. The number of ether oxygens (including phenoxy) is 1. The highest BCUT2D eigenvalue weighted by molar-refractivity contribution is 8.14. The second-order valence-corrected chi connectivity index (χ2v) is 7.95. The number of thioether (sulfide) groups is 1. The summed E-state index contributed by atoms with van der Waals surface area (Å²) in [5, 5.41) is 2.62. The molecule has 0 spiro atoms. The number of rotatable bonds is 4. The zero-order valence-electron chi connectivity index (χ0n) is 16.0. The van der Waals surface area contributed by atoms with Crippen molar-refractivity contribution in [3.05, 3.63) is 65.5 Å². The number of halogens is 1. The van der Waals surface area contributed by atoms with Gasteiger partial charge in [-0.3, -0.25) is 14.5 Å². The number of benzene rings is 2. The van der Waals surface area contributed by atoms with Crippen LogP contribution in [-0.2, 0) is 16.1 Å². The minimum absolute atomic E-state index is 0.186. The maximum atomic E-state index is 13.1. The lowest BCUT2D eigenvalue weighted by atomic mass is 10.1. The van der Waals surface area contributed by atoms with Crippen molar-refractivity contribution in [3.8, 4) is 0 Å². The molecule has 0 aliphatic carbocycles. The first-order valence-electron chi connectivity index (χ1n) is 9.48. The molecule has 2 aromatic carbocycles. The number of hydrogen-bond donors (Lipinski definition) is 1. The average Bonchev–Trinajstić information content (AvgIpc) is 3.08. The molecule has 4 rings (SSSR count). The van der Waals surface area contributed by atoms with Crippen LogP contribution in [0, 0.1) is 5.82 Å². The van der Waals surface area contributed by atoms with Crippen LogP contribution in [0.15, 0.2) is 48.5 Å². The van der Waals surface area contributed by atoms with E-state index in [4.69, 9.17) is 4.74 Å². The quantitative estimate of drug-likeness (QED) is 0.803. The summed E-state index contributed by atoms with van der Waals surface area (Å²) in [6.07, 6.45) is -0.305. The van der Waals surface area contributed by atoms with Gasteiger partial charge >= 0.3 is 6.03 Å². The van der Waals surface area contributed by atoms with E-state index >= 15 is 0 Å². The maximum absolute atomic E-state index is 13.1. The smallest absolute Gasteiger partial charge is 0.322 e. The van der Waals surface area contributed by atoms with E-state index in [1.807, 2.05) is 0 Å². The summed E-state index contributed by atoms with van der Waals surface area (Å²) < 4.78 is 18.9. The number of morpholine rings is 1. The van der Waals surface area contributed by atoms with Gasteiger partial charge in [0.05, 0.1) is 25.4 Å². The molecule has 30 heavy (non-hydrogen) atoms. The molecule has 1 N–H and O–H groups in total. The van der Waals surface area contributed by atoms with Gasteiger partial charge in [-0.2, -0.15) is 0 Å². The lowest BCUT2D eigenvalue weighted by Gasteiger charge is -2.33. The van der Waals surface area contributed by atoms with Crippen LogP contribution in [0.2, 0.25) is 0 Å². The molecule has 2 aliphatic rings. The molecule has 0 aromatic heterocycles. The molecular formula is C21H20FN3O4S. The van der Waals surface area contributed by atoms with Crippen LogP contribution in [0.4, 0.5) is 19.7 Å². The van der Waals surface area contributed by atoms with Gasteiger partial charge in [0.1, 0.15) is 11.9 Å². The number of carbonyl (C=O) groups is 3. The largest absolute Gasteiger partial charge is 0.370 e. The highest BCUT2D eigenvalue weighted by atomic mass is 32.2. The molecule has 2 saturated heterocycles. The summed E-state index contributed by atoms with van der Waals surface area (Å²) in [5.74, 6) is -0.318. The molecule has 156 valence electrons. The Labute approximate surface area is 177 Å². The third-order valence-electron chi connectivity index (χ3n) is 4.98. The van der Waals surface area contributed by atoms with Gasteiger partial charge < -0.3 is 15.0 Å². The van der Waals surface area contributed by atoms with Crippen LogP contribution in [0.3, 0.4) is 0 Å². The van der Waals surface area contributed by atoms with E-state index in [0.717, 1.165) is 22.9 Å². The number of carbonyl (C=O) groups excluding carboxylic acids is 3. The molecule has 9 heteroatoms. The van der Waals surface area contributed by atoms with Crippen molar-refractivity contribution in [3.63, 3.8) is 0 Å². The Morgan fingerprint density at radius 1 is 1.13 bits per heavy atom. The standard InChI is InChI=1S/C21H20FN3O4S/c22-16-5-3-15(4-6-16)18-12-24(9-10-29-18)20(27)23-17-7-1-14(2-8-17)11-25-19(26)13-30-21(25)28/h1-8,18H,9-13H2,(H,23,27). The molecule has 2 aliphatic heterocycles. The molecule has 4 amide bonds. The molecule has 7 nitrogen and oxygen atoms in total. The van der Waals surface area contributed by atoms with Crippen molar-refractivity contribution in [2.75, 3.05) is 30.8 Å². The summed E-state index contributed by atoms with van der Waals surface area (Å²) >= 11 is 1.01. The normalized spacial score (nSPS) is 19.3. The van der Waals surface area contributed by atoms with Gasteiger partial charge in [-0.25, -0.2) is 9.18 Å². The van der Waals surface area contributed by atoms with Gasteiger partial charge in [0.25, 0.3) is 5.24 Å². The molecular weight excluding hydrogens is 409 g/mol.